The molecule has 0 atom stereocenters. The maximum absolute atomic E-state index is 13.0. The van der Waals surface area contributed by atoms with Gasteiger partial charge in [0.05, 0.1) is 42.8 Å². The monoisotopic (exact) mass is 662 g/mol. The number of aromatic nitrogens is 4. The number of rotatable bonds is 13. The van der Waals surface area contributed by atoms with Gasteiger partial charge < -0.3 is 33.6 Å². The van der Waals surface area contributed by atoms with E-state index in [0.717, 1.165) is 30.4 Å². The number of fused-ring (bicyclic) bond motifs is 2. The van der Waals surface area contributed by atoms with Crippen LogP contribution >= 0.6 is 0 Å². The average Bonchev–Trinajstić information content (AvgIpc) is 3.58. The Bertz CT molecular complexity index is 1760. The van der Waals surface area contributed by atoms with E-state index >= 15 is 0 Å². The molecule has 0 saturated heterocycles. The molecular formula is C36H50N6O6. The third-order valence-electron chi connectivity index (χ3n) is 7.77. The lowest BCUT2D eigenvalue weighted by Crippen LogP contribution is -2.39. The third kappa shape index (κ3) is 8.85. The van der Waals surface area contributed by atoms with Crippen LogP contribution in [0.4, 0.5) is 0 Å². The van der Waals surface area contributed by atoms with Crippen molar-refractivity contribution in [3.63, 3.8) is 0 Å². The van der Waals surface area contributed by atoms with Gasteiger partial charge >= 0.3 is 0 Å². The summed E-state index contributed by atoms with van der Waals surface area (Å²) in [4.78, 5) is 60.0. The lowest BCUT2D eigenvalue weighted by atomic mass is 9.90. The molecule has 48 heavy (non-hydrogen) atoms. The molecule has 0 radical (unpaired) electrons. The van der Waals surface area contributed by atoms with E-state index in [1.54, 1.807) is 46.5 Å². The standard InChI is InChI=1S/C21H32N4O3.C15H18N2O3/c1-7-22-11-12-24(8-2)18(26)14-25-17-13-15(28-6)9-10-16(17)23-20(25)19(27)21(3,4)5;1-15(2,3)13(19)14-16-11-6-5-10(20-4)9-12(11)17(14)7-8-18/h9-10,13,22H,7-8,11-12,14H2,1-6H3;5-6,8-9H,7H2,1-4H3. The van der Waals surface area contributed by atoms with Crippen molar-refractivity contribution in [3.8, 4) is 11.5 Å². The summed E-state index contributed by atoms with van der Waals surface area (Å²) in [5.41, 5.74) is 1.66. The fraction of sp³-hybridized carbons (Fsp3) is 0.500. The Morgan fingerprint density at radius 3 is 1.71 bits per heavy atom. The summed E-state index contributed by atoms with van der Waals surface area (Å²) in [5.74, 6) is 1.74. The van der Waals surface area contributed by atoms with Gasteiger partial charge in [0.2, 0.25) is 17.5 Å². The molecule has 0 fully saturated rings. The minimum Gasteiger partial charge on any atom is -0.497 e. The van der Waals surface area contributed by atoms with Crippen molar-refractivity contribution < 1.29 is 28.7 Å². The molecule has 0 spiro atoms. The number of carbonyl (C=O) groups excluding carboxylic acids is 4. The number of nitrogens with zero attached hydrogens (tertiary/aromatic N) is 5. The minimum absolute atomic E-state index is 0.0366. The molecule has 4 aromatic rings. The number of carbonyl (C=O) groups is 4. The number of hydrogen-bond donors (Lipinski definition) is 1. The number of aldehydes is 1. The van der Waals surface area contributed by atoms with Crippen LogP contribution in [0.2, 0.25) is 0 Å². The number of ether oxygens (including phenoxy) is 2. The second kappa shape index (κ2) is 16.0. The van der Waals surface area contributed by atoms with Crippen molar-refractivity contribution in [1.29, 1.82) is 0 Å². The predicted octanol–water partition coefficient (Wildman–Crippen LogP) is 5.20. The molecule has 0 aliphatic rings. The van der Waals surface area contributed by atoms with Gasteiger partial charge in [-0.2, -0.15) is 0 Å². The molecule has 2 aromatic heterocycles. The summed E-state index contributed by atoms with van der Waals surface area (Å²) in [7, 11) is 3.16. The topological polar surface area (TPSA) is 138 Å². The van der Waals surface area contributed by atoms with Crippen molar-refractivity contribution in [2.75, 3.05) is 40.4 Å². The second-order valence-electron chi connectivity index (χ2n) is 13.4. The number of benzene rings is 2. The summed E-state index contributed by atoms with van der Waals surface area (Å²) in [6.07, 6.45) is 0.764. The van der Waals surface area contributed by atoms with Crippen molar-refractivity contribution in [1.82, 2.24) is 29.3 Å². The van der Waals surface area contributed by atoms with Crippen LogP contribution in [0.15, 0.2) is 36.4 Å². The van der Waals surface area contributed by atoms with Gasteiger partial charge in [-0.05, 0) is 37.7 Å². The number of amides is 1. The molecule has 1 N–H and O–H groups in total. The van der Waals surface area contributed by atoms with Gasteiger partial charge in [-0.25, -0.2) is 9.97 Å². The number of imidazole rings is 2. The lowest BCUT2D eigenvalue weighted by molar-refractivity contribution is -0.131. The quantitative estimate of drug-likeness (QED) is 0.116. The Labute approximate surface area is 282 Å². The van der Waals surface area contributed by atoms with Crippen molar-refractivity contribution in [2.24, 2.45) is 10.8 Å². The first-order valence-corrected chi connectivity index (χ1v) is 16.2. The van der Waals surface area contributed by atoms with Gasteiger partial charge in [0.1, 0.15) is 24.3 Å². The number of hydrogen-bond acceptors (Lipinski definition) is 9. The Kier molecular flexibility index (Phi) is 12.6. The predicted molar refractivity (Wildman–Crippen MR) is 187 cm³/mol. The third-order valence-corrected chi connectivity index (χ3v) is 7.77. The number of ketones is 2. The second-order valence-corrected chi connectivity index (χ2v) is 13.4. The zero-order chi connectivity index (χ0) is 35.8. The van der Waals surface area contributed by atoms with Crippen LogP contribution in [-0.2, 0) is 22.7 Å². The summed E-state index contributed by atoms with van der Waals surface area (Å²) >= 11 is 0. The molecule has 0 bridgehead atoms. The molecule has 12 heteroatoms. The van der Waals surface area contributed by atoms with Crippen molar-refractivity contribution in [2.45, 2.75) is 68.5 Å². The Morgan fingerprint density at radius 2 is 1.29 bits per heavy atom. The van der Waals surface area contributed by atoms with Gasteiger partial charge in [-0.1, -0.05) is 48.5 Å². The van der Waals surface area contributed by atoms with Crippen LogP contribution in [0.5, 0.6) is 11.5 Å². The molecule has 0 saturated carbocycles. The van der Waals surface area contributed by atoms with E-state index in [1.807, 2.05) is 73.6 Å². The Morgan fingerprint density at radius 1 is 0.812 bits per heavy atom. The van der Waals surface area contributed by atoms with Crippen LogP contribution in [0.1, 0.15) is 76.6 Å². The van der Waals surface area contributed by atoms with Crippen molar-refractivity contribution >= 4 is 45.8 Å². The van der Waals surface area contributed by atoms with Crippen LogP contribution in [0.25, 0.3) is 22.1 Å². The Hall–Kier alpha value is -4.58. The van der Waals surface area contributed by atoms with Gasteiger partial charge in [0.15, 0.2) is 11.6 Å². The summed E-state index contributed by atoms with van der Waals surface area (Å²) < 4.78 is 13.9. The first-order valence-electron chi connectivity index (χ1n) is 16.2. The van der Waals surface area contributed by atoms with Crippen LogP contribution < -0.4 is 14.8 Å². The molecule has 1 amide bonds. The highest BCUT2D eigenvalue weighted by molar-refractivity contribution is 6.01. The summed E-state index contributed by atoms with van der Waals surface area (Å²) in [6.45, 7) is 18.1. The molecule has 2 heterocycles. The van der Waals surface area contributed by atoms with E-state index in [1.165, 1.54) is 0 Å². The highest BCUT2D eigenvalue weighted by Crippen LogP contribution is 2.28. The lowest BCUT2D eigenvalue weighted by Gasteiger charge is -2.23. The number of likely N-dealkylation sites (N-methyl/N-ethyl adjacent to an activating group) is 2. The molecule has 0 aliphatic carbocycles. The fourth-order valence-electron chi connectivity index (χ4n) is 4.98. The largest absolute Gasteiger partial charge is 0.497 e. The van der Waals surface area contributed by atoms with E-state index in [2.05, 4.69) is 15.3 Å². The number of Topliss-reactive ketones (excluding diaryl/α,β-unsaturated/α-hetero) is 2. The molecule has 0 unspecified atom stereocenters. The molecule has 0 aliphatic heterocycles. The number of nitrogens with one attached hydrogen (secondary N) is 1. The zero-order valence-corrected chi connectivity index (χ0v) is 30.0. The highest BCUT2D eigenvalue weighted by Gasteiger charge is 2.30. The average molecular weight is 663 g/mol. The molecule has 2 aromatic carbocycles. The van der Waals surface area contributed by atoms with Gasteiger partial charge in [0.25, 0.3) is 0 Å². The molecule has 12 nitrogen and oxygen atoms in total. The van der Waals surface area contributed by atoms with Crippen LogP contribution in [0.3, 0.4) is 0 Å². The van der Waals surface area contributed by atoms with Crippen molar-refractivity contribution in [3.05, 3.63) is 48.0 Å². The Balaban J connectivity index is 0.000000275. The van der Waals surface area contributed by atoms with E-state index in [9.17, 15) is 19.2 Å². The highest BCUT2D eigenvalue weighted by atomic mass is 16.5. The zero-order valence-electron chi connectivity index (χ0n) is 30.0. The van der Waals surface area contributed by atoms with Gasteiger partial charge in [0, 0.05) is 42.6 Å². The van der Waals surface area contributed by atoms with Gasteiger partial charge in [-0.15, -0.1) is 0 Å². The minimum atomic E-state index is -0.595. The maximum atomic E-state index is 13.0. The van der Waals surface area contributed by atoms with Crippen LogP contribution in [-0.4, -0.2) is 88.2 Å². The smallest absolute Gasteiger partial charge is 0.242 e. The normalized spacial score (nSPS) is 11.6. The summed E-state index contributed by atoms with van der Waals surface area (Å²) in [5, 5.41) is 3.24. The number of methoxy groups -OCH3 is 2. The first-order chi connectivity index (χ1) is 22.6. The molecule has 4 rings (SSSR count). The maximum Gasteiger partial charge on any atom is 0.242 e. The SMILES string of the molecule is CCNCCN(CC)C(=O)Cn1c(C(=O)C(C)(C)C)nc2ccc(OC)cc21.COc1ccc2nc(C(=O)C(C)(C)C)n(CC=O)c2c1. The molecule has 260 valence electrons. The fourth-order valence-corrected chi connectivity index (χ4v) is 4.98. The van der Waals surface area contributed by atoms with Crippen LogP contribution in [0, 0.1) is 10.8 Å². The summed E-state index contributed by atoms with van der Waals surface area (Å²) in [6, 6.07) is 10.8. The van der Waals surface area contributed by atoms with Gasteiger partial charge in [-0.3, -0.25) is 14.4 Å². The first kappa shape index (κ1) is 37.9. The van der Waals surface area contributed by atoms with E-state index < -0.39 is 10.8 Å². The van der Waals surface area contributed by atoms with E-state index in [-0.39, 0.29) is 30.6 Å². The molecular weight excluding hydrogens is 612 g/mol. The van der Waals surface area contributed by atoms with E-state index in [4.69, 9.17) is 9.47 Å². The van der Waals surface area contributed by atoms with E-state index in [0.29, 0.717) is 47.3 Å².